The van der Waals surface area contributed by atoms with Crippen molar-refractivity contribution in [3.05, 3.63) is 85.2 Å². The van der Waals surface area contributed by atoms with Gasteiger partial charge in [0.25, 0.3) is 0 Å². The third kappa shape index (κ3) is 2.48. The quantitative estimate of drug-likeness (QED) is 0.431. The van der Waals surface area contributed by atoms with E-state index in [1.54, 1.807) is 12.4 Å². The number of hydrogen-bond acceptors (Lipinski definition) is 4. The van der Waals surface area contributed by atoms with Crippen LogP contribution in [-0.2, 0) is 0 Å². The minimum absolute atomic E-state index is 0.843. The van der Waals surface area contributed by atoms with Gasteiger partial charge in [-0.05, 0) is 36.4 Å². The summed E-state index contributed by atoms with van der Waals surface area (Å²) >= 11 is 0. The summed E-state index contributed by atoms with van der Waals surface area (Å²) in [5, 5.41) is 2.12. The number of fused-ring (bicyclic) bond motifs is 3. The molecule has 0 aliphatic rings. The second-order valence-corrected chi connectivity index (χ2v) is 6.03. The largest absolute Gasteiger partial charge is 0.255 e. The number of hydrogen-bond donors (Lipinski definition) is 0. The molecule has 4 heteroatoms. The van der Waals surface area contributed by atoms with Gasteiger partial charge in [-0.25, -0.2) is 9.97 Å². The van der Waals surface area contributed by atoms with Gasteiger partial charge in [0.05, 0.1) is 33.8 Å². The summed E-state index contributed by atoms with van der Waals surface area (Å²) in [7, 11) is 0. The van der Waals surface area contributed by atoms with Gasteiger partial charge < -0.3 is 0 Å². The summed E-state index contributed by atoms with van der Waals surface area (Å²) in [5.41, 5.74) is 5.15. The maximum atomic E-state index is 4.86. The molecule has 4 heterocycles. The SMILES string of the molecule is c1ccc(-c2ccc3ccc4ccc(-c5ccccn5)nc4c3n2)nc1. The molecule has 26 heavy (non-hydrogen) atoms. The van der Waals surface area contributed by atoms with Gasteiger partial charge in [0.2, 0.25) is 0 Å². The number of benzene rings is 1. The van der Waals surface area contributed by atoms with E-state index in [-0.39, 0.29) is 0 Å². The second-order valence-electron chi connectivity index (χ2n) is 6.03. The third-order valence-corrected chi connectivity index (χ3v) is 4.37. The Morgan fingerprint density at radius 1 is 0.423 bits per heavy atom. The molecule has 0 aliphatic carbocycles. The van der Waals surface area contributed by atoms with Crippen molar-refractivity contribution < 1.29 is 0 Å². The zero-order chi connectivity index (χ0) is 17.3. The molecule has 0 N–H and O–H groups in total. The number of pyridine rings is 4. The minimum atomic E-state index is 0.843. The molecule has 0 radical (unpaired) electrons. The molecule has 4 aromatic heterocycles. The Morgan fingerprint density at radius 3 is 1.31 bits per heavy atom. The molecule has 0 atom stereocenters. The zero-order valence-electron chi connectivity index (χ0n) is 13.9. The Balaban J connectivity index is 1.77. The van der Waals surface area contributed by atoms with Crippen LogP contribution >= 0.6 is 0 Å². The maximum Gasteiger partial charge on any atom is 0.0973 e. The lowest BCUT2D eigenvalue weighted by Gasteiger charge is -2.07. The first kappa shape index (κ1) is 14.7. The van der Waals surface area contributed by atoms with Crippen LogP contribution in [0.3, 0.4) is 0 Å². The maximum absolute atomic E-state index is 4.86. The summed E-state index contributed by atoms with van der Waals surface area (Å²) in [6.45, 7) is 0. The van der Waals surface area contributed by atoms with Crippen LogP contribution in [0.1, 0.15) is 0 Å². The van der Waals surface area contributed by atoms with E-state index in [0.717, 1.165) is 44.6 Å². The summed E-state index contributed by atoms with van der Waals surface area (Å²) in [4.78, 5) is 18.5. The lowest BCUT2D eigenvalue weighted by atomic mass is 10.1. The number of aromatic nitrogens is 4. The van der Waals surface area contributed by atoms with Crippen molar-refractivity contribution in [3.63, 3.8) is 0 Å². The first-order valence-electron chi connectivity index (χ1n) is 8.42. The van der Waals surface area contributed by atoms with Crippen LogP contribution in [0, 0.1) is 0 Å². The molecule has 0 unspecified atom stereocenters. The molecule has 0 amide bonds. The molecule has 0 aliphatic heterocycles. The average Bonchev–Trinajstić information content (AvgIpc) is 2.74. The van der Waals surface area contributed by atoms with Crippen LogP contribution in [0.5, 0.6) is 0 Å². The van der Waals surface area contributed by atoms with E-state index in [1.165, 1.54) is 0 Å². The molecule has 5 aromatic rings. The highest BCUT2D eigenvalue weighted by molar-refractivity contribution is 6.03. The summed E-state index contributed by atoms with van der Waals surface area (Å²) < 4.78 is 0. The van der Waals surface area contributed by atoms with Gasteiger partial charge in [0.15, 0.2) is 0 Å². The molecule has 0 saturated carbocycles. The van der Waals surface area contributed by atoms with E-state index in [4.69, 9.17) is 9.97 Å². The molecule has 5 rings (SSSR count). The van der Waals surface area contributed by atoms with Crippen molar-refractivity contribution in [1.82, 2.24) is 19.9 Å². The third-order valence-electron chi connectivity index (χ3n) is 4.37. The van der Waals surface area contributed by atoms with Crippen LogP contribution in [-0.4, -0.2) is 19.9 Å². The normalized spacial score (nSPS) is 11.1. The highest BCUT2D eigenvalue weighted by atomic mass is 14.8. The van der Waals surface area contributed by atoms with Crippen LogP contribution in [0.2, 0.25) is 0 Å². The van der Waals surface area contributed by atoms with Gasteiger partial charge in [-0.1, -0.05) is 36.4 Å². The average molecular weight is 334 g/mol. The van der Waals surface area contributed by atoms with E-state index in [2.05, 4.69) is 34.2 Å². The van der Waals surface area contributed by atoms with Crippen molar-refractivity contribution in [1.29, 1.82) is 0 Å². The number of nitrogens with zero attached hydrogens (tertiary/aromatic N) is 4. The summed E-state index contributed by atoms with van der Waals surface area (Å²) in [6.07, 6.45) is 3.56. The summed E-state index contributed by atoms with van der Waals surface area (Å²) in [5.74, 6) is 0. The number of rotatable bonds is 2. The Labute approximate surface area is 150 Å². The Kier molecular flexibility index (Phi) is 3.39. The highest BCUT2D eigenvalue weighted by Gasteiger charge is 2.09. The fourth-order valence-electron chi connectivity index (χ4n) is 3.08. The van der Waals surface area contributed by atoms with Gasteiger partial charge in [0, 0.05) is 23.2 Å². The van der Waals surface area contributed by atoms with Crippen molar-refractivity contribution >= 4 is 21.8 Å². The van der Waals surface area contributed by atoms with Crippen molar-refractivity contribution in [2.75, 3.05) is 0 Å². The smallest absolute Gasteiger partial charge is 0.0973 e. The van der Waals surface area contributed by atoms with Gasteiger partial charge in [-0.15, -0.1) is 0 Å². The Hall–Kier alpha value is -3.66. The summed E-state index contributed by atoms with van der Waals surface area (Å²) in [6, 6.07) is 24.0. The molecular weight excluding hydrogens is 320 g/mol. The van der Waals surface area contributed by atoms with Crippen LogP contribution in [0.25, 0.3) is 44.6 Å². The predicted molar refractivity (Wildman–Crippen MR) is 104 cm³/mol. The lowest BCUT2D eigenvalue weighted by molar-refractivity contribution is 1.26. The van der Waals surface area contributed by atoms with Crippen molar-refractivity contribution in [3.8, 4) is 22.8 Å². The Morgan fingerprint density at radius 2 is 0.885 bits per heavy atom. The van der Waals surface area contributed by atoms with Gasteiger partial charge in [0.1, 0.15) is 0 Å². The van der Waals surface area contributed by atoms with E-state index in [9.17, 15) is 0 Å². The van der Waals surface area contributed by atoms with Gasteiger partial charge >= 0.3 is 0 Å². The van der Waals surface area contributed by atoms with Crippen LogP contribution < -0.4 is 0 Å². The molecule has 4 nitrogen and oxygen atoms in total. The molecule has 1 aromatic carbocycles. The van der Waals surface area contributed by atoms with E-state index < -0.39 is 0 Å². The van der Waals surface area contributed by atoms with Crippen LogP contribution in [0.15, 0.2) is 85.2 Å². The molecule has 0 saturated heterocycles. The fraction of sp³-hybridized carbons (Fsp3) is 0. The van der Waals surface area contributed by atoms with E-state index in [1.807, 2.05) is 48.5 Å². The fourth-order valence-corrected chi connectivity index (χ4v) is 3.08. The standard InChI is InChI=1S/C22H14N4/c1-3-13-23-17(5-1)19-11-9-15-7-8-16-10-12-20(18-6-2-4-14-24-18)26-22(16)21(15)25-19/h1-14H. The van der Waals surface area contributed by atoms with E-state index >= 15 is 0 Å². The lowest BCUT2D eigenvalue weighted by Crippen LogP contribution is -1.92. The molecule has 0 bridgehead atoms. The van der Waals surface area contributed by atoms with Gasteiger partial charge in [-0.3, -0.25) is 9.97 Å². The monoisotopic (exact) mass is 334 g/mol. The highest BCUT2D eigenvalue weighted by Crippen LogP contribution is 2.27. The first-order valence-corrected chi connectivity index (χ1v) is 8.42. The minimum Gasteiger partial charge on any atom is -0.255 e. The van der Waals surface area contributed by atoms with Gasteiger partial charge in [-0.2, -0.15) is 0 Å². The Bertz CT molecular complexity index is 1120. The zero-order valence-corrected chi connectivity index (χ0v) is 13.9. The topological polar surface area (TPSA) is 51.6 Å². The molecule has 0 fully saturated rings. The first-order chi connectivity index (χ1) is 12.9. The van der Waals surface area contributed by atoms with E-state index in [0.29, 0.717) is 0 Å². The van der Waals surface area contributed by atoms with Crippen molar-refractivity contribution in [2.24, 2.45) is 0 Å². The predicted octanol–water partition coefficient (Wildman–Crippen LogP) is 4.91. The molecule has 0 spiro atoms. The second kappa shape index (κ2) is 6.01. The molecule has 122 valence electrons. The van der Waals surface area contributed by atoms with Crippen molar-refractivity contribution in [2.45, 2.75) is 0 Å². The van der Waals surface area contributed by atoms with Crippen LogP contribution in [0.4, 0.5) is 0 Å². The molecular formula is C22H14N4.